The predicted molar refractivity (Wildman–Crippen MR) is 86.6 cm³/mol. The smallest absolute Gasteiger partial charge is 0.251 e. The maximum atomic E-state index is 12.2. The topological polar surface area (TPSA) is 50.4 Å². The number of fused-ring (bicyclic) bond motifs is 1. The molecule has 0 aromatic heterocycles. The molecule has 5 heteroatoms. The molecular formula is C16H17BrN2O2. The number of hydrogen-bond acceptors (Lipinski definition) is 3. The fraction of sp³-hybridized carbons (Fsp3) is 0.312. The molecule has 0 bridgehead atoms. The van der Waals surface area contributed by atoms with E-state index >= 15 is 0 Å². The highest BCUT2D eigenvalue weighted by Crippen LogP contribution is 2.20. The highest BCUT2D eigenvalue weighted by Gasteiger charge is 2.15. The average Bonchev–Trinajstić information content (AvgIpc) is 2.53. The lowest BCUT2D eigenvalue weighted by atomic mass is 10.1. The maximum Gasteiger partial charge on any atom is 0.251 e. The molecule has 1 atom stereocenters. The summed E-state index contributed by atoms with van der Waals surface area (Å²) in [7, 11) is 0. The lowest BCUT2D eigenvalue weighted by Gasteiger charge is -2.23. The first-order valence-corrected chi connectivity index (χ1v) is 7.81. The van der Waals surface area contributed by atoms with Gasteiger partial charge in [-0.15, -0.1) is 0 Å². The Morgan fingerprint density at radius 3 is 2.90 bits per heavy atom. The minimum absolute atomic E-state index is 0.0547. The van der Waals surface area contributed by atoms with Gasteiger partial charge in [0, 0.05) is 29.7 Å². The third kappa shape index (κ3) is 3.61. The first kappa shape index (κ1) is 14.5. The van der Waals surface area contributed by atoms with Crippen molar-refractivity contribution in [3.8, 4) is 0 Å². The molecule has 21 heavy (non-hydrogen) atoms. The fourth-order valence-corrected chi connectivity index (χ4v) is 2.80. The summed E-state index contributed by atoms with van der Waals surface area (Å²) in [5.74, 6) is -0.0611. The molecule has 4 nitrogen and oxygen atoms in total. The van der Waals surface area contributed by atoms with Crippen LogP contribution in [-0.4, -0.2) is 38.3 Å². The summed E-state index contributed by atoms with van der Waals surface area (Å²) >= 11 is 3.45. The van der Waals surface area contributed by atoms with Crippen molar-refractivity contribution in [1.82, 2.24) is 10.6 Å². The van der Waals surface area contributed by atoms with E-state index in [-0.39, 0.29) is 12.0 Å². The number of morpholine rings is 1. The van der Waals surface area contributed by atoms with Crippen molar-refractivity contribution < 1.29 is 9.53 Å². The summed E-state index contributed by atoms with van der Waals surface area (Å²) in [6.45, 7) is 2.90. The summed E-state index contributed by atoms with van der Waals surface area (Å²) in [4.78, 5) is 12.2. The lowest BCUT2D eigenvalue weighted by molar-refractivity contribution is 0.0287. The van der Waals surface area contributed by atoms with Crippen LogP contribution in [0.3, 0.4) is 0 Å². The monoisotopic (exact) mass is 348 g/mol. The maximum absolute atomic E-state index is 12.2. The number of carbonyl (C=O) groups excluding carboxylic acids is 1. The average molecular weight is 349 g/mol. The van der Waals surface area contributed by atoms with Crippen molar-refractivity contribution in [2.45, 2.75) is 6.10 Å². The number of ether oxygens (including phenoxy) is 1. The van der Waals surface area contributed by atoms with E-state index in [0.29, 0.717) is 18.7 Å². The van der Waals surface area contributed by atoms with Crippen molar-refractivity contribution in [1.29, 1.82) is 0 Å². The van der Waals surface area contributed by atoms with Crippen LogP contribution in [0.4, 0.5) is 0 Å². The van der Waals surface area contributed by atoms with E-state index in [2.05, 4.69) is 26.6 Å². The van der Waals surface area contributed by atoms with Gasteiger partial charge in [0.05, 0.1) is 12.7 Å². The summed E-state index contributed by atoms with van der Waals surface area (Å²) in [5.41, 5.74) is 0.675. The molecule has 1 aliphatic heterocycles. The Bertz CT molecular complexity index is 654. The molecule has 1 amide bonds. The Labute approximate surface area is 132 Å². The molecule has 1 fully saturated rings. The summed E-state index contributed by atoms with van der Waals surface area (Å²) < 4.78 is 6.60. The van der Waals surface area contributed by atoms with Crippen LogP contribution in [-0.2, 0) is 4.74 Å². The van der Waals surface area contributed by atoms with Crippen LogP contribution in [0.1, 0.15) is 10.4 Å². The Morgan fingerprint density at radius 1 is 1.29 bits per heavy atom. The van der Waals surface area contributed by atoms with E-state index in [1.54, 1.807) is 0 Å². The van der Waals surface area contributed by atoms with E-state index in [1.807, 2.05) is 36.4 Å². The van der Waals surface area contributed by atoms with E-state index in [9.17, 15) is 4.79 Å². The summed E-state index contributed by atoms with van der Waals surface area (Å²) in [6, 6.07) is 11.8. The molecule has 0 aliphatic carbocycles. The van der Waals surface area contributed by atoms with Gasteiger partial charge in [0.15, 0.2) is 0 Å². The van der Waals surface area contributed by atoms with Crippen LogP contribution in [0, 0.1) is 0 Å². The van der Waals surface area contributed by atoms with Gasteiger partial charge in [0.1, 0.15) is 0 Å². The standard InChI is InChI=1S/C16H17BrN2O2/c17-14-4-3-11-7-13(2-1-12(11)8-14)16(20)19-10-15-9-18-5-6-21-15/h1-4,7-8,15,18H,5-6,9-10H2,(H,19,20). The molecule has 1 aliphatic rings. The number of amides is 1. The van der Waals surface area contributed by atoms with Gasteiger partial charge < -0.3 is 15.4 Å². The number of benzene rings is 2. The van der Waals surface area contributed by atoms with Gasteiger partial charge in [0.25, 0.3) is 5.91 Å². The number of nitrogens with one attached hydrogen (secondary N) is 2. The van der Waals surface area contributed by atoms with Crippen molar-refractivity contribution in [2.24, 2.45) is 0 Å². The molecule has 0 saturated carbocycles. The molecule has 0 radical (unpaired) electrons. The predicted octanol–water partition coefficient (Wildman–Crippen LogP) is 2.32. The van der Waals surface area contributed by atoms with Crippen LogP contribution in [0.2, 0.25) is 0 Å². The molecule has 1 heterocycles. The van der Waals surface area contributed by atoms with E-state index in [0.717, 1.165) is 28.3 Å². The Balaban J connectivity index is 1.67. The van der Waals surface area contributed by atoms with Gasteiger partial charge in [0.2, 0.25) is 0 Å². The molecule has 1 unspecified atom stereocenters. The minimum Gasteiger partial charge on any atom is -0.374 e. The summed E-state index contributed by atoms with van der Waals surface area (Å²) in [5, 5.41) is 8.35. The normalized spacial score (nSPS) is 18.6. The molecule has 0 spiro atoms. The van der Waals surface area contributed by atoms with Crippen LogP contribution in [0.25, 0.3) is 10.8 Å². The van der Waals surface area contributed by atoms with E-state index in [4.69, 9.17) is 4.74 Å². The van der Waals surface area contributed by atoms with Gasteiger partial charge in [-0.25, -0.2) is 0 Å². The molecule has 2 aromatic carbocycles. The zero-order valence-electron chi connectivity index (χ0n) is 11.6. The van der Waals surface area contributed by atoms with Crippen molar-refractivity contribution >= 4 is 32.6 Å². The zero-order chi connectivity index (χ0) is 14.7. The van der Waals surface area contributed by atoms with Crippen molar-refractivity contribution in [2.75, 3.05) is 26.2 Å². The third-order valence-electron chi connectivity index (χ3n) is 3.56. The van der Waals surface area contributed by atoms with E-state index in [1.165, 1.54) is 0 Å². The molecule has 2 N–H and O–H groups in total. The molecule has 110 valence electrons. The van der Waals surface area contributed by atoms with Crippen LogP contribution in [0.5, 0.6) is 0 Å². The number of halogens is 1. The van der Waals surface area contributed by atoms with Gasteiger partial charge in [-0.3, -0.25) is 4.79 Å². The first-order valence-electron chi connectivity index (χ1n) is 7.02. The highest BCUT2D eigenvalue weighted by atomic mass is 79.9. The Kier molecular flexibility index (Phi) is 4.53. The summed E-state index contributed by atoms with van der Waals surface area (Å²) in [6.07, 6.45) is 0.0547. The van der Waals surface area contributed by atoms with Crippen LogP contribution >= 0.6 is 15.9 Å². The van der Waals surface area contributed by atoms with Crippen LogP contribution < -0.4 is 10.6 Å². The molecule has 2 aromatic rings. The largest absolute Gasteiger partial charge is 0.374 e. The van der Waals surface area contributed by atoms with Gasteiger partial charge in [-0.05, 0) is 35.0 Å². The van der Waals surface area contributed by atoms with E-state index < -0.39 is 0 Å². The fourth-order valence-electron chi connectivity index (χ4n) is 2.42. The highest BCUT2D eigenvalue weighted by molar-refractivity contribution is 9.10. The first-order chi connectivity index (χ1) is 10.2. The number of rotatable bonds is 3. The minimum atomic E-state index is -0.0611. The van der Waals surface area contributed by atoms with Crippen molar-refractivity contribution in [3.63, 3.8) is 0 Å². The van der Waals surface area contributed by atoms with Crippen molar-refractivity contribution in [3.05, 3.63) is 46.4 Å². The zero-order valence-corrected chi connectivity index (χ0v) is 13.2. The molecular weight excluding hydrogens is 332 g/mol. The molecule has 3 rings (SSSR count). The number of carbonyl (C=O) groups is 1. The molecule has 1 saturated heterocycles. The Hall–Kier alpha value is -1.43. The second kappa shape index (κ2) is 6.56. The van der Waals surface area contributed by atoms with Gasteiger partial charge in [-0.2, -0.15) is 0 Å². The quantitative estimate of drug-likeness (QED) is 0.894. The van der Waals surface area contributed by atoms with Gasteiger partial charge >= 0.3 is 0 Å². The second-order valence-corrected chi connectivity index (χ2v) is 6.03. The van der Waals surface area contributed by atoms with Crippen LogP contribution in [0.15, 0.2) is 40.9 Å². The Morgan fingerprint density at radius 2 is 2.10 bits per heavy atom. The SMILES string of the molecule is O=C(NCC1CNCCO1)c1ccc2cc(Br)ccc2c1. The number of hydrogen-bond donors (Lipinski definition) is 2. The van der Waals surface area contributed by atoms with Gasteiger partial charge in [-0.1, -0.05) is 28.1 Å². The third-order valence-corrected chi connectivity index (χ3v) is 4.05. The lowest BCUT2D eigenvalue weighted by Crippen LogP contribution is -2.45. The second-order valence-electron chi connectivity index (χ2n) is 5.11.